The zero-order valence-electron chi connectivity index (χ0n) is 17.8. The van der Waals surface area contributed by atoms with E-state index >= 15 is 0 Å². The van der Waals surface area contributed by atoms with E-state index in [9.17, 15) is 9.59 Å². The molecule has 32 heavy (non-hydrogen) atoms. The van der Waals surface area contributed by atoms with E-state index in [1.807, 2.05) is 47.9 Å². The van der Waals surface area contributed by atoms with Crippen molar-refractivity contribution < 1.29 is 19.0 Å². The van der Waals surface area contributed by atoms with Gasteiger partial charge in [0, 0.05) is 24.4 Å². The van der Waals surface area contributed by atoms with Crippen LogP contribution < -0.4 is 19.6 Å². The highest BCUT2D eigenvalue weighted by Crippen LogP contribution is 2.35. The Balaban J connectivity index is 1.68. The Morgan fingerprint density at radius 2 is 1.69 bits per heavy atom. The van der Waals surface area contributed by atoms with Gasteiger partial charge >= 0.3 is 0 Å². The number of ketones is 1. The van der Waals surface area contributed by atoms with Crippen LogP contribution in [0.25, 0.3) is 10.9 Å². The largest absolute Gasteiger partial charge is 0.497 e. The fourth-order valence-electron chi connectivity index (χ4n) is 3.86. The first-order valence-corrected chi connectivity index (χ1v) is 10.2. The minimum atomic E-state index is -0.324. The first kappa shape index (κ1) is 19.9. The van der Waals surface area contributed by atoms with Gasteiger partial charge in [0.2, 0.25) is 12.2 Å². The zero-order valence-corrected chi connectivity index (χ0v) is 17.8. The molecule has 1 aliphatic heterocycles. The Morgan fingerprint density at radius 1 is 1.00 bits per heavy atom. The molecule has 0 aliphatic carbocycles. The third-order valence-corrected chi connectivity index (χ3v) is 5.64. The van der Waals surface area contributed by atoms with Crippen LogP contribution in [-0.4, -0.2) is 24.3 Å². The molecule has 0 bridgehead atoms. The maximum atomic E-state index is 13.4. The van der Waals surface area contributed by atoms with Gasteiger partial charge in [-0.15, -0.1) is 0 Å². The van der Waals surface area contributed by atoms with Crippen molar-refractivity contribution in [2.45, 2.75) is 13.5 Å². The SMILES string of the molecule is COc1ccc(Cn2cc(C(=O)c3ccc(C)cc3)c(=O)c3cc4c(cc32)OCO4)cc1. The summed E-state index contributed by atoms with van der Waals surface area (Å²) in [5.74, 6) is 1.54. The normalized spacial score (nSPS) is 12.2. The van der Waals surface area contributed by atoms with Crippen LogP contribution in [0.1, 0.15) is 27.0 Å². The average Bonchev–Trinajstić information content (AvgIpc) is 3.28. The smallest absolute Gasteiger partial charge is 0.231 e. The van der Waals surface area contributed by atoms with Gasteiger partial charge in [-0.2, -0.15) is 0 Å². The summed E-state index contributed by atoms with van der Waals surface area (Å²) in [5, 5.41) is 0.417. The van der Waals surface area contributed by atoms with Crippen LogP contribution in [-0.2, 0) is 6.54 Å². The van der Waals surface area contributed by atoms with Gasteiger partial charge in [0.15, 0.2) is 17.3 Å². The predicted octanol–water partition coefficient (Wildman–Crippen LogP) is 4.33. The quantitative estimate of drug-likeness (QED) is 0.444. The number of pyridine rings is 1. The van der Waals surface area contributed by atoms with Crippen LogP contribution in [0.5, 0.6) is 17.2 Å². The molecule has 3 aromatic carbocycles. The molecular formula is C26H21NO5. The highest BCUT2D eigenvalue weighted by Gasteiger charge is 2.21. The molecule has 0 amide bonds. The highest BCUT2D eigenvalue weighted by molar-refractivity contribution is 6.10. The molecule has 4 aromatic rings. The van der Waals surface area contributed by atoms with Crippen molar-refractivity contribution in [2.75, 3.05) is 13.9 Å². The minimum absolute atomic E-state index is 0.105. The predicted molar refractivity (Wildman–Crippen MR) is 121 cm³/mol. The van der Waals surface area contributed by atoms with Gasteiger partial charge in [0.1, 0.15) is 5.75 Å². The maximum absolute atomic E-state index is 13.4. The van der Waals surface area contributed by atoms with E-state index in [4.69, 9.17) is 14.2 Å². The number of aromatic nitrogens is 1. The number of hydrogen-bond acceptors (Lipinski definition) is 5. The standard InChI is InChI=1S/C26H21NO5/c1-16-3-7-18(8-4-16)25(28)21-14-27(13-17-5-9-19(30-2)10-6-17)22-12-24-23(31-15-32-24)11-20(22)26(21)29/h3-12,14H,13,15H2,1-2H3. The fraction of sp³-hybridized carbons (Fsp3) is 0.154. The number of benzene rings is 3. The van der Waals surface area contributed by atoms with Crippen LogP contribution in [0.2, 0.25) is 0 Å². The van der Waals surface area contributed by atoms with Gasteiger partial charge in [0.25, 0.3) is 0 Å². The lowest BCUT2D eigenvalue weighted by Gasteiger charge is -2.14. The van der Waals surface area contributed by atoms with Crippen LogP contribution in [0, 0.1) is 6.92 Å². The summed E-state index contributed by atoms with van der Waals surface area (Å²) in [6.45, 7) is 2.52. The second-order valence-electron chi connectivity index (χ2n) is 7.77. The summed E-state index contributed by atoms with van der Waals surface area (Å²) >= 11 is 0. The van der Waals surface area contributed by atoms with Gasteiger partial charge in [0.05, 0.1) is 23.6 Å². The van der Waals surface area contributed by atoms with Gasteiger partial charge in [-0.3, -0.25) is 9.59 Å². The molecule has 0 fully saturated rings. The summed E-state index contributed by atoms with van der Waals surface area (Å²) in [6, 6.07) is 18.3. The summed E-state index contributed by atoms with van der Waals surface area (Å²) in [7, 11) is 1.62. The molecule has 1 aromatic heterocycles. The van der Waals surface area contributed by atoms with E-state index in [1.165, 1.54) is 0 Å². The van der Waals surface area contributed by atoms with Crippen LogP contribution in [0.3, 0.4) is 0 Å². The van der Waals surface area contributed by atoms with E-state index in [2.05, 4.69) is 0 Å². The lowest BCUT2D eigenvalue weighted by Crippen LogP contribution is -2.20. The average molecular weight is 427 g/mol. The van der Waals surface area contributed by atoms with E-state index < -0.39 is 0 Å². The van der Waals surface area contributed by atoms with E-state index in [-0.39, 0.29) is 23.6 Å². The number of aryl methyl sites for hydroxylation is 1. The molecule has 0 radical (unpaired) electrons. The number of methoxy groups -OCH3 is 1. The Hall–Kier alpha value is -4.06. The van der Waals surface area contributed by atoms with Crippen LogP contribution in [0.15, 0.2) is 71.7 Å². The Bertz CT molecular complexity index is 1390. The van der Waals surface area contributed by atoms with Crippen LogP contribution >= 0.6 is 0 Å². The number of hydrogen-bond donors (Lipinski definition) is 0. The van der Waals surface area contributed by atoms with Crippen molar-refractivity contribution in [3.05, 3.63) is 99.3 Å². The second-order valence-corrected chi connectivity index (χ2v) is 7.77. The summed E-state index contributed by atoms with van der Waals surface area (Å²) in [4.78, 5) is 26.6. The lowest BCUT2D eigenvalue weighted by molar-refractivity contribution is 0.103. The molecule has 0 spiro atoms. The molecule has 6 heteroatoms. The van der Waals surface area contributed by atoms with Crippen molar-refractivity contribution in [3.8, 4) is 17.2 Å². The molecule has 0 atom stereocenters. The molecule has 5 rings (SSSR count). The third-order valence-electron chi connectivity index (χ3n) is 5.64. The van der Waals surface area contributed by atoms with Gasteiger partial charge in [-0.05, 0) is 30.7 Å². The number of fused-ring (bicyclic) bond motifs is 2. The van der Waals surface area contributed by atoms with Gasteiger partial charge in [-0.1, -0.05) is 42.0 Å². The van der Waals surface area contributed by atoms with E-state index in [0.29, 0.717) is 34.5 Å². The molecule has 1 aliphatic rings. The number of carbonyl (C=O) groups is 1. The topological polar surface area (TPSA) is 66.8 Å². The molecule has 2 heterocycles. The Kier molecular flexibility index (Phi) is 4.90. The molecule has 0 saturated heterocycles. The van der Waals surface area contributed by atoms with Crippen molar-refractivity contribution >= 4 is 16.7 Å². The molecule has 0 unspecified atom stereocenters. The van der Waals surface area contributed by atoms with Crippen LogP contribution in [0.4, 0.5) is 0 Å². The van der Waals surface area contributed by atoms with E-state index in [0.717, 1.165) is 16.9 Å². The highest BCUT2D eigenvalue weighted by atomic mass is 16.7. The Labute approximate surface area is 184 Å². The molecule has 0 N–H and O–H groups in total. The second kappa shape index (κ2) is 7.89. The summed E-state index contributed by atoms with van der Waals surface area (Å²) < 4.78 is 18.1. The number of rotatable bonds is 5. The number of ether oxygens (including phenoxy) is 3. The zero-order chi connectivity index (χ0) is 22.2. The number of carbonyl (C=O) groups excluding carboxylic acids is 1. The number of nitrogens with zero attached hydrogens (tertiary/aromatic N) is 1. The van der Waals surface area contributed by atoms with E-state index in [1.54, 1.807) is 37.6 Å². The Morgan fingerprint density at radius 3 is 2.38 bits per heavy atom. The molecule has 0 saturated carbocycles. The molecular weight excluding hydrogens is 406 g/mol. The fourth-order valence-corrected chi connectivity index (χ4v) is 3.86. The third kappa shape index (κ3) is 3.50. The molecule has 6 nitrogen and oxygen atoms in total. The van der Waals surface area contributed by atoms with Crippen molar-refractivity contribution in [1.82, 2.24) is 4.57 Å². The summed E-state index contributed by atoms with van der Waals surface area (Å²) in [6.07, 6.45) is 1.64. The van der Waals surface area contributed by atoms with Gasteiger partial charge < -0.3 is 18.8 Å². The van der Waals surface area contributed by atoms with Gasteiger partial charge in [-0.25, -0.2) is 0 Å². The maximum Gasteiger partial charge on any atom is 0.231 e. The lowest BCUT2D eigenvalue weighted by atomic mass is 10.0. The van der Waals surface area contributed by atoms with Crippen molar-refractivity contribution in [3.63, 3.8) is 0 Å². The summed E-state index contributed by atoms with van der Waals surface area (Å²) in [5.41, 5.74) is 3.00. The van der Waals surface area contributed by atoms with Crippen molar-refractivity contribution in [2.24, 2.45) is 0 Å². The molecule has 160 valence electrons. The first-order chi connectivity index (χ1) is 15.5. The van der Waals surface area contributed by atoms with Crippen molar-refractivity contribution in [1.29, 1.82) is 0 Å². The minimum Gasteiger partial charge on any atom is -0.497 e. The monoisotopic (exact) mass is 427 g/mol. The first-order valence-electron chi connectivity index (χ1n) is 10.2.